The third-order valence-corrected chi connectivity index (χ3v) is 5.12. The van der Waals surface area contributed by atoms with Crippen LogP contribution in [-0.4, -0.2) is 37.5 Å². The summed E-state index contributed by atoms with van der Waals surface area (Å²) in [6.45, 7) is 2.11. The summed E-state index contributed by atoms with van der Waals surface area (Å²) in [7, 11) is 0. The molecule has 0 aromatic heterocycles. The van der Waals surface area contributed by atoms with Gasteiger partial charge in [-0.3, -0.25) is 14.4 Å². The van der Waals surface area contributed by atoms with Crippen molar-refractivity contribution in [2.75, 3.05) is 30.0 Å². The smallest absolute Gasteiger partial charge is 0.311 e. The molecule has 1 aliphatic heterocycles. The summed E-state index contributed by atoms with van der Waals surface area (Å²) >= 11 is 12.0. The molecular weight excluding hydrogens is 431 g/mol. The average Bonchev–Trinajstić information content (AvgIpc) is 3.11. The molecule has 2 aromatic carbocycles. The van der Waals surface area contributed by atoms with Crippen molar-refractivity contribution in [3.8, 4) is 5.75 Å². The van der Waals surface area contributed by atoms with Gasteiger partial charge in [0.15, 0.2) is 6.61 Å². The van der Waals surface area contributed by atoms with Crippen LogP contribution in [0.5, 0.6) is 5.75 Å². The summed E-state index contributed by atoms with van der Waals surface area (Å²) in [5.74, 6) is -1.33. The molecule has 1 aliphatic rings. The Morgan fingerprint density at radius 2 is 1.80 bits per heavy atom. The van der Waals surface area contributed by atoms with Crippen LogP contribution in [0.2, 0.25) is 10.0 Å². The maximum atomic E-state index is 12.3. The van der Waals surface area contributed by atoms with Crippen molar-refractivity contribution < 1.29 is 23.9 Å². The van der Waals surface area contributed by atoms with Gasteiger partial charge in [-0.05, 0) is 43.3 Å². The van der Waals surface area contributed by atoms with E-state index in [-0.39, 0.29) is 34.6 Å². The largest absolute Gasteiger partial charge is 0.494 e. The number of para-hydroxylation sites is 1. The van der Waals surface area contributed by atoms with E-state index in [1.807, 2.05) is 6.92 Å². The van der Waals surface area contributed by atoms with E-state index in [0.717, 1.165) is 0 Å². The molecule has 0 spiro atoms. The Balaban J connectivity index is 1.53. The summed E-state index contributed by atoms with van der Waals surface area (Å²) in [5.41, 5.74) is 0.921. The Labute approximate surface area is 183 Å². The normalized spacial score (nSPS) is 15.8. The topological polar surface area (TPSA) is 84.9 Å². The monoisotopic (exact) mass is 450 g/mol. The van der Waals surface area contributed by atoms with E-state index in [4.69, 9.17) is 32.7 Å². The third-order valence-electron chi connectivity index (χ3n) is 4.49. The molecule has 30 heavy (non-hydrogen) atoms. The van der Waals surface area contributed by atoms with Crippen LogP contribution in [0.1, 0.15) is 13.3 Å². The quantitative estimate of drug-likeness (QED) is 0.645. The Hall–Kier alpha value is -2.77. The fourth-order valence-corrected chi connectivity index (χ4v) is 3.54. The van der Waals surface area contributed by atoms with E-state index in [0.29, 0.717) is 18.0 Å². The summed E-state index contributed by atoms with van der Waals surface area (Å²) in [5, 5.41) is 3.06. The number of hydrogen-bond donors (Lipinski definition) is 1. The molecule has 1 atom stereocenters. The molecule has 0 saturated carbocycles. The lowest BCUT2D eigenvalue weighted by atomic mass is 10.1. The number of rotatable bonds is 7. The van der Waals surface area contributed by atoms with E-state index >= 15 is 0 Å². The molecule has 2 amide bonds. The lowest BCUT2D eigenvalue weighted by Gasteiger charge is -2.17. The Kier molecular flexibility index (Phi) is 7.18. The van der Waals surface area contributed by atoms with Crippen LogP contribution in [0.3, 0.4) is 0 Å². The van der Waals surface area contributed by atoms with Crippen molar-refractivity contribution in [1.29, 1.82) is 0 Å². The molecule has 1 saturated heterocycles. The highest BCUT2D eigenvalue weighted by Crippen LogP contribution is 2.30. The van der Waals surface area contributed by atoms with Gasteiger partial charge in [0.2, 0.25) is 5.91 Å². The van der Waals surface area contributed by atoms with Crippen LogP contribution < -0.4 is 15.0 Å². The Bertz CT molecular complexity index is 929. The summed E-state index contributed by atoms with van der Waals surface area (Å²) < 4.78 is 10.5. The van der Waals surface area contributed by atoms with Gasteiger partial charge in [0.25, 0.3) is 5.91 Å². The minimum atomic E-state index is -0.652. The molecule has 1 heterocycles. The van der Waals surface area contributed by atoms with Crippen molar-refractivity contribution >= 4 is 52.4 Å². The lowest BCUT2D eigenvalue weighted by Crippen LogP contribution is -2.28. The number of carbonyl (C=O) groups is 3. The van der Waals surface area contributed by atoms with Crippen molar-refractivity contribution in [2.24, 2.45) is 5.92 Å². The highest BCUT2D eigenvalue weighted by molar-refractivity contribution is 6.39. The molecule has 0 radical (unpaired) electrons. The number of carbonyl (C=O) groups excluding carboxylic acids is 3. The van der Waals surface area contributed by atoms with Gasteiger partial charge in [-0.25, -0.2) is 0 Å². The van der Waals surface area contributed by atoms with Crippen LogP contribution in [0.4, 0.5) is 11.4 Å². The first-order valence-electron chi connectivity index (χ1n) is 9.32. The van der Waals surface area contributed by atoms with Gasteiger partial charge in [-0.1, -0.05) is 29.3 Å². The number of esters is 1. The van der Waals surface area contributed by atoms with E-state index in [9.17, 15) is 14.4 Å². The predicted octanol–water partition coefficient (Wildman–Crippen LogP) is 3.93. The highest BCUT2D eigenvalue weighted by atomic mass is 35.5. The van der Waals surface area contributed by atoms with Crippen molar-refractivity contribution in [2.45, 2.75) is 13.3 Å². The molecule has 3 rings (SSSR count). The number of nitrogens with one attached hydrogen (secondary N) is 1. The molecule has 158 valence electrons. The molecule has 0 aliphatic carbocycles. The minimum absolute atomic E-state index is 0.0179. The molecular formula is C21H20Cl2N2O5. The number of ether oxygens (including phenoxy) is 2. The molecule has 0 bridgehead atoms. The van der Waals surface area contributed by atoms with Gasteiger partial charge in [0.05, 0.1) is 28.3 Å². The summed E-state index contributed by atoms with van der Waals surface area (Å²) in [6, 6.07) is 11.9. The van der Waals surface area contributed by atoms with Crippen LogP contribution in [0.25, 0.3) is 0 Å². The van der Waals surface area contributed by atoms with E-state index in [1.165, 1.54) is 4.90 Å². The molecule has 7 nitrogen and oxygen atoms in total. The maximum Gasteiger partial charge on any atom is 0.311 e. The Morgan fingerprint density at radius 3 is 2.43 bits per heavy atom. The van der Waals surface area contributed by atoms with Gasteiger partial charge >= 0.3 is 5.97 Å². The van der Waals surface area contributed by atoms with Gasteiger partial charge < -0.3 is 19.7 Å². The lowest BCUT2D eigenvalue weighted by molar-refractivity contribution is -0.151. The molecule has 1 unspecified atom stereocenters. The minimum Gasteiger partial charge on any atom is -0.494 e. The zero-order valence-electron chi connectivity index (χ0n) is 16.2. The van der Waals surface area contributed by atoms with Crippen LogP contribution in [-0.2, 0) is 19.1 Å². The molecule has 1 N–H and O–H groups in total. The van der Waals surface area contributed by atoms with Crippen LogP contribution >= 0.6 is 23.2 Å². The maximum absolute atomic E-state index is 12.3. The van der Waals surface area contributed by atoms with E-state index in [2.05, 4.69) is 5.32 Å². The molecule has 2 aromatic rings. The number of halogens is 2. The fraction of sp³-hybridized carbons (Fsp3) is 0.286. The first-order valence-corrected chi connectivity index (χ1v) is 10.1. The zero-order valence-corrected chi connectivity index (χ0v) is 17.7. The first-order chi connectivity index (χ1) is 14.4. The average molecular weight is 451 g/mol. The highest BCUT2D eigenvalue weighted by Gasteiger charge is 2.36. The second-order valence-corrected chi connectivity index (χ2v) is 7.40. The fourth-order valence-electron chi connectivity index (χ4n) is 3.05. The second kappa shape index (κ2) is 9.82. The standard InChI is InChI=1S/C21H20Cl2N2O5/c1-2-29-15-8-6-14(7-9-15)25-11-13(10-19(25)27)21(28)30-12-18(26)24-20-16(22)4-3-5-17(20)23/h3-9,13H,2,10-12H2,1H3,(H,24,26). The number of nitrogens with zero attached hydrogens (tertiary/aromatic N) is 1. The van der Waals surface area contributed by atoms with Gasteiger partial charge in [0, 0.05) is 18.7 Å². The Morgan fingerprint density at radius 1 is 1.13 bits per heavy atom. The van der Waals surface area contributed by atoms with Crippen LogP contribution in [0.15, 0.2) is 42.5 Å². The number of amides is 2. The summed E-state index contributed by atoms with van der Waals surface area (Å²) in [4.78, 5) is 38.3. The molecule has 1 fully saturated rings. The zero-order chi connectivity index (χ0) is 21.7. The second-order valence-electron chi connectivity index (χ2n) is 6.58. The van der Waals surface area contributed by atoms with Crippen molar-refractivity contribution in [3.05, 3.63) is 52.5 Å². The van der Waals surface area contributed by atoms with E-state index < -0.39 is 24.4 Å². The first kappa shape index (κ1) is 21.9. The van der Waals surface area contributed by atoms with Gasteiger partial charge in [-0.15, -0.1) is 0 Å². The van der Waals surface area contributed by atoms with Gasteiger partial charge in [0.1, 0.15) is 5.75 Å². The van der Waals surface area contributed by atoms with Gasteiger partial charge in [-0.2, -0.15) is 0 Å². The third kappa shape index (κ3) is 5.23. The number of hydrogen-bond acceptors (Lipinski definition) is 5. The van der Waals surface area contributed by atoms with Crippen LogP contribution in [0, 0.1) is 5.92 Å². The summed E-state index contributed by atoms with van der Waals surface area (Å²) in [6.07, 6.45) is 0.0179. The molecule has 9 heteroatoms. The van der Waals surface area contributed by atoms with Crippen molar-refractivity contribution in [1.82, 2.24) is 0 Å². The number of anilines is 2. The van der Waals surface area contributed by atoms with E-state index in [1.54, 1.807) is 42.5 Å². The van der Waals surface area contributed by atoms with Crippen molar-refractivity contribution in [3.63, 3.8) is 0 Å². The number of benzene rings is 2. The SMILES string of the molecule is CCOc1ccc(N2CC(C(=O)OCC(=O)Nc3c(Cl)cccc3Cl)CC2=O)cc1. The predicted molar refractivity (Wildman–Crippen MR) is 114 cm³/mol.